The summed E-state index contributed by atoms with van der Waals surface area (Å²) in [5.41, 5.74) is 2.64. The van der Waals surface area contributed by atoms with E-state index < -0.39 is 45.6 Å². The van der Waals surface area contributed by atoms with Gasteiger partial charge < -0.3 is 24.3 Å². The van der Waals surface area contributed by atoms with Crippen LogP contribution in [-0.2, 0) is 69.3 Å². The maximum atomic E-state index is 13.6. The minimum atomic E-state index is -4.34. The van der Waals surface area contributed by atoms with Crippen molar-refractivity contribution < 1.29 is 45.9 Å². The average molecular weight is 779 g/mol. The molecule has 0 saturated heterocycles. The highest BCUT2D eigenvalue weighted by Gasteiger charge is 2.36. The smallest absolute Gasteiger partial charge is 0.412 e. The van der Waals surface area contributed by atoms with Gasteiger partial charge in [0.25, 0.3) is 16.0 Å². The van der Waals surface area contributed by atoms with Crippen molar-refractivity contribution in [1.29, 1.82) is 0 Å². The van der Waals surface area contributed by atoms with Crippen molar-refractivity contribution in [3.05, 3.63) is 155 Å². The summed E-state index contributed by atoms with van der Waals surface area (Å²) in [5.74, 6) is -1.19. The van der Waals surface area contributed by atoms with Gasteiger partial charge in [-0.15, -0.1) is 11.6 Å². The number of benzene rings is 4. The van der Waals surface area contributed by atoms with Crippen LogP contribution in [0.25, 0.3) is 0 Å². The Kier molecular flexibility index (Phi) is 17.3. The van der Waals surface area contributed by atoms with Crippen LogP contribution >= 0.6 is 11.6 Å². The molecule has 0 radical (unpaired) electrons. The molecule has 0 bridgehead atoms. The van der Waals surface area contributed by atoms with Crippen LogP contribution < -0.4 is 10.6 Å². The third-order valence-corrected chi connectivity index (χ3v) is 9.19. The quantitative estimate of drug-likeness (QED) is 0.0568. The SMILES string of the molecule is CC(=O)CNC(=O)/C(=C/[C@@H](OCc1ccccc1)[C@H](OCc1ccccc1)[C@@H](COCc1ccccc1)OS(=O)(=O)CCl)NC(=O)OCc1ccccc1. The normalized spacial score (nSPS) is 13.3. The van der Waals surface area contributed by atoms with Gasteiger partial charge in [-0.05, 0) is 35.3 Å². The van der Waals surface area contributed by atoms with Gasteiger partial charge in [-0.1, -0.05) is 121 Å². The second kappa shape index (κ2) is 22.4. The molecule has 2 N–H and O–H groups in total. The second-order valence-corrected chi connectivity index (χ2v) is 14.2. The van der Waals surface area contributed by atoms with Crippen molar-refractivity contribution in [3.63, 3.8) is 0 Å². The molecule has 0 aliphatic rings. The fourth-order valence-corrected chi connectivity index (χ4v) is 5.70. The Labute approximate surface area is 320 Å². The van der Waals surface area contributed by atoms with E-state index in [4.69, 9.17) is 34.7 Å². The number of alkyl halides is 1. The number of hydrogen-bond acceptors (Lipinski definition) is 10. The van der Waals surface area contributed by atoms with Gasteiger partial charge in [0.05, 0.1) is 33.0 Å². The molecule has 4 rings (SSSR count). The van der Waals surface area contributed by atoms with Gasteiger partial charge in [-0.25, -0.2) is 4.79 Å². The van der Waals surface area contributed by atoms with Gasteiger partial charge >= 0.3 is 6.09 Å². The van der Waals surface area contributed by atoms with Crippen molar-refractivity contribution in [1.82, 2.24) is 10.6 Å². The van der Waals surface area contributed by atoms with E-state index in [-0.39, 0.29) is 51.1 Å². The predicted octanol–water partition coefficient (Wildman–Crippen LogP) is 5.80. The lowest BCUT2D eigenvalue weighted by Gasteiger charge is -2.32. The Bertz CT molecular complexity index is 1880. The number of amides is 2. The molecule has 14 heteroatoms. The lowest BCUT2D eigenvalue weighted by molar-refractivity contribution is -0.126. The lowest BCUT2D eigenvalue weighted by Crippen LogP contribution is -2.46. The fraction of sp³-hybridized carbons (Fsp3) is 0.275. The van der Waals surface area contributed by atoms with Crippen molar-refractivity contribution >= 4 is 39.5 Å². The first-order valence-electron chi connectivity index (χ1n) is 17.0. The molecule has 0 aromatic heterocycles. The zero-order chi connectivity index (χ0) is 38.6. The summed E-state index contributed by atoms with van der Waals surface area (Å²) in [6.45, 7) is 0.563. The number of Topliss-reactive ketones (excluding diaryl/α,β-unsaturated/α-hetero) is 1. The van der Waals surface area contributed by atoms with E-state index >= 15 is 0 Å². The molecule has 0 heterocycles. The zero-order valence-corrected chi connectivity index (χ0v) is 31.2. The van der Waals surface area contributed by atoms with Gasteiger partial charge in [-0.3, -0.25) is 19.1 Å². The van der Waals surface area contributed by atoms with Crippen molar-refractivity contribution in [2.45, 2.75) is 51.7 Å². The Hall–Kier alpha value is -4.89. The third kappa shape index (κ3) is 15.2. The third-order valence-electron chi connectivity index (χ3n) is 7.58. The highest BCUT2D eigenvalue weighted by molar-refractivity contribution is 7.87. The molecule has 0 aliphatic carbocycles. The average Bonchev–Trinajstić information content (AvgIpc) is 3.19. The van der Waals surface area contributed by atoms with Crippen LogP contribution in [0.15, 0.2) is 133 Å². The van der Waals surface area contributed by atoms with Crippen molar-refractivity contribution in [3.8, 4) is 0 Å². The number of carbonyl (C=O) groups is 3. The Balaban J connectivity index is 1.76. The largest absolute Gasteiger partial charge is 0.444 e. The molecule has 4 aromatic rings. The summed E-state index contributed by atoms with van der Waals surface area (Å²) in [6.07, 6.45) is -3.70. The van der Waals surface area contributed by atoms with E-state index in [1.54, 1.807) is 24.3 Å². The molecule has 0 fully saturated rings. The Morgan fingerprint density at radius 3 is 1.69 bits per heavy atom. The number of ether oxygens (including phenoxy) is 4. The van der Waals surface area contributed by atoms with E-state index in [0.29, 0.717) is 5.56 Å². The van der Waals surface area contributed by atoms with Crippen LogP contribution in [0, 0.1) is 0 Å². The van der Waals surface area contributed by atoms with E-state index in [9.17, 15) is 22.8 Å². The number of hydrogen-bond donors (Lipinski definition) is 2. The van der Waals surface area contributed by atoms with E-state index in [1.807, 2.05) is 97.1 Å². The highest BCUT2D eigenvalue weighted by atomic mass is 35.5. The first-order valence-corrected chi connectivity index (χ1v) is 19.1. The van der Waals surface area contributed by atoms with Gasteiger partial charge in [0, 0.05) is 0 Å². The number of alkyl carbamates (subject to hydrolysis) is 1. The van der Waals surface area contributed by atoms with Gasteiger partial charge in [0.15, 0.2) is 0 Å². The zero-order valence-electron chi connectivity index (χ0n) is 29.7. The van der Waals surface area contributed by atoms with Crippen LogP contribution in [0.2, 0.25) is 0 Å². The fourth-order valence-electron chi connectivity index (χ4n) is 4.95. The molecule has 0 aliphatic heterocycles. The Morgan fingerprint density at radius 1 is 0.704 bits per heavy atom. The standard InChI is InChI=1S/C40H43ClN2O10S/c1-30(44)23-42-39(45)35(43-40(46)52-27-34-20-12-5-13-21-34)22-36(50-25-32-16-8-3-9-17-32)38(51-26-33-18-10-4-11-19-33)37(53-54(47,48)29-41)28-49-24-31-14-6-2-7-15-31/h2-22,36-38H,23-29H2,1H3,(H,42,45)(H,43,46)/b35-22-/t36-,37-,38+/m1/s1. The van der Waals surface area contributed by atoms with Gasteiger partial charge in [0.1, 0.15) is 41.6 Å². The molecule has 2 amide bonds. The number of nitrogens with one attached hydrogen (secondary N) is 2. The molecule has 0 spiro atoms. The van der Waals surface area contributed by atoms with E-state index in [0.717, 1.165) is 16.7 Å². The monoisotopic (exact) mass is 778 g/mol. The Morgan fingerprint density at radius 2 is 1.19 bits per heavy atom. The minimum absolute atomic E-state index is 0.0339. The van der Waals surface area contributed by atoms with E-state index in [2.05, 4.69) is 10.6 Å². The summed E-state index contributed by atoms with van der Waals surface area (Å²) in [5, 5.41) is 4.07. The van der Waals surface area contributed by atoms with Gasteiger partial charge in [0.2, 0.25) is 0 Å². The van der Waals surface area contributed by atoms with E-state index in [1.165, 1.54) is 13.0 Å². The molecule has 54 heavy (non-hydrogen) atoms. The van der Waals surface area contributed by atoms with Crippen LogP contribution in [0.3, 0.4) is 0 Å². The summed E-state index contributed by atoms with van der Waals surface area (Å²) in [6, 6.07) is 36.3. The summed E-state index contributed by atoms with van der Waals surface area (Å²) in [4.78, 5) is 38.5. The van der Waals surface area contributed by atoms with Crippen LogP contribution in [0.1, 0.15) is 29.2 Å². The predicted molar refractivity (Wildman–Crippen MR) is 202 cm³/mol. The number of carbonyl (C=O) groups excluding carboxylic acids is 3. The summed E-state index contributed by atoms with van der Waals surface area (Å²) < 4.78 is 55.7. The van der Waals surface area contributed by atoms with Crippen molar-refractivity contribution in [2.24, 2.45) is 0 Å². The van der Waals surface area contributed by atoms with Crippen molar-refractivity contribution in [2.75, 3.05) is 18.4 Å². The highest BCUT2D eigenvalue weighted by Crippen LogP contribution is 2.22. The summed E-state index contributed by atoms with van der Waals surface area (Å²) in [7, 11) is -4.34. The summed E-state index contributed by atoms with van der Waals surface area (Å²) >= 11 is 5.80. The molecule has 0 unspecified atom stereocenters. The first-order chi connectivity index (χ1) is 26.1. The first kappa shape index (κ1) is 41.9. The molecule has 286 valence electrons. The van der Waals surface area contributed by atoms with Crippen LogP contribution in [0.5, 0.6) is 0 Å². The number of rotatable bonds is 22. The van der Waals surface area contributed by atoms with Crippen LogP contribution in [-0.4, -0.2) is 62.9 Å². The maximum Gasteiger partial charge on any atom is 0.412 e. The number of halogens is 1. The molecule has 12 nitrogen and oxygen atoms in total. The lowest BCUT2D eigenvalue weighted by atomic mass is 10.1. The molecular formula is C40H43ClN2O10S. The second-order valence-electron chi connectivity index (χ2n) is 12.0. The van der Waals surface area contributed by atoms with Gasteiger partial charge in [-0.2, -0.15) is 8.42 Å². The minimum Gasteiger partial charge on any atom is -0.444 e. The molecular weight excluding hydrogens is 736 g/mol. The maximum absolute atomic E-state index is 13.6. The molecule has 3 atom stereocenters. The topological polar surface area (TPSA) is 156 Å². The van der Waals surface area contributed by atoms with Crippen LogP contribution in [0.4, 0.5) is 4.79 Å². The molecule has 4 aromatic carbocycles. The molecule has 0 saturated carbocycles. The number of ketones is 1.